The predicted molar refractivity (Wildman–Crippen MR) is 88.7 cm³/mol. The summed E-state index contributed by atoms with van der Waals surface area (Å²) in [5.74, 6) is -0.319. The van der Waals surface area contributed by atoms with Crippen LogP contribution in [-0.4, -0.2) is 24.3 Å². The van der Waals surface area contributed by atoms with Crippen molar-refractivity contribution in [3.63, 3.8) is 0 Å². The Hall–Kier alpha value is -2.37. The van der Waals surface area contributed by atoms with E-state index < -0.39 is 16.4 Å². The highest BCUT2D eigenvalue weighted by Crippen LogP contribution is 2.61. The van der Waals surface area contributed by atoms with Crippen molar-refractivity contribution in [1.82, 2.24) is 0 Å². The van der Waals surface area contributed by atoms with E-state index in [0.29, 0.717) is 18.4 Å². The van der Waals surface area contributed by atoms with Gasteiger partial charge in [0.05, 0.1) is 30.3 Å². The SMILES string of the molecule is CCOC(=O)[C@]12CCCC=C1C(C#N)(C#N)CC13C=CC(C=C1C2)O3. The molecule has 0 aromatic heterocycles. The Bertz CT molecular complexity index is 796. The van der Waals surface area contributed by atoms with Crippen molar-refractivity contribution in [3.8, 4) is 12.1 Å². The molecular weight excluding hydrogens is 316 g/mol. The first-order valence-corrected chi connectivity index (χ1v) is 8.83. The molecule has 1 fully saturated rings. The lowest BCUT2D eigenvalue weighted by Gasteiger charge is -2.39. The van der Waals surface area contributed by atoms with E-state index in [9.17, 15) is 15.3 Å². The van der Waals surface area contributed by atoms with Gasteiger partial charge in [0.15, 0.2) is 5.41 Å². The minimum atomic E-state index is -1.38. The Kier molecular flexibility index (Phi) is 3.42. The molecular formula is C20H20N2O3. The molecule has 0 amide bonds. The summed E-state index contributed by atoms with van der Waals surface area (Å²) in [5, 5.41) is 20.0. The molecule has 5 heteroatoms. The topological polar surface area (TPSA) is 83.1 Å². The fourth-order valence-corrected chi connectivity index (χ4v) is 4.94. The van der Waals surface area contributed by atoms with Crippen molar-refractivity contribution in [1.29, 1.82) is 10.5 Å². The average molecular weight is 336 g/mol. The van der Waals surface area contributed by atoms with E-state index in [4.69, 9.17) is 9.47 Å². The van der Waals surface area contributed by atoms with Crippen molar-refractivity contribution in [2.75, 3.05) is 6.61 Å². The number of hydrogen-bond donors (Lipinski definition) is 0. The van der Waals surface area contributed by atoms with Crippen LogP contribution in [0.3, 0.4) is 0 Å². The number of nitriles is 2. The second-order valence-corrected chi connectivity index (χ2v) is 7.32. The molecule has 1 spiro atoms. The lowest BCUT2D eigenvalue weighted by Crippen LogP contribution is -2.42. The van der Waals surface area contributed by atoms with E-state index in [2.05, 4.69) is 12.1 Å². The highest BCUT2D eigenvalue weighted by molar-refractivity contribution is 5.83. The third-order valence-electron chi connectivity index (χ3n) is 6.01. The summed E-state index contributed by atoms with van der Waals surface area (Å²) in [6, 6.07) is 4.48. The average Bonchev–Trinajstić information content (AvgIpc) is 3.14. The van der Waals surface area contributed by atoms with Crippen LogP contribution in [0.1, 0.15) is 39.0 Å². The Morgan fingerprint density at radius 2 is 2.24 bits per heavy atom. The van der Waals surface area contributed by atoms with Crippen LogP contribution in [0.25, 0.3) is 0 Å². The molecule has 2 aliphatic heterocycles. The van der Waals surface area contributed by atoms with Crippen molar-refractivity contribution < 1.29 is 14.3 Å². The standard InChI is InChI=1S/C20H20N2O3/c1-2-24-17(23)19-7-4-3-5-16(19)18(12-21,13-22)11-20-8-6-15(25-20)9-14(20)10-19/h5-6,8-9,15H,2-4,7,10-11H2,1H3/t15?,19-,20?/m0/s1. The van der Waals surface area contributed by atoms with Crippen LogP contribution in [0, 0.1) is 33.5 Å². The molecule has 1 saturated carbocycles. The van der Waals surface area contributed by atoms with Crippen molar-refractivity contribution in [3.05, 3.63) is 35.5 Å². The molecule has 4 rings (SSSR count). The lowest BCUT2D eigenvalue weighted by atomic mass is 9.61. The zero-order valence-corrected chi connectivity index (χ0v) is 14.2. The van der Waals surface area contributed by atoms with Gasteiger partial charge in [-0.15, -0.1) is 0 Å². The maximum absolute atomic E-state index is 13.1. The number of esters is 1. The van der Waals surface area contributed by atoms with Crippen molar-refractivity contribution in [2.24, 2.45) is 10.8 Å². The van der Waals surface area contributed by atoms with E-state index in [1.165, 1.54) is 0 Å². The van der Waals surface area contributed by atoms with Gasteiger partial charge in [-0.2, -0.15) is 10.5 Å². The summed E-state index contributed by atoms with van der Waals surface area (Å²) in [5.41, 5.74) is -1.43. The number of hydrogen-bond acceptors (Lipinski definition) is 5. The van der Waals surface area contributed by atoms with Crippen LogP contribution in [0.15, 0.2) is 35.5 Å². The number of nitrogens with zero attached hydrogens (tertiary/aromatic N) is 2. The van der Waals surface area contributed by atoms with Crippen LogP contribution < -0.4 is 0 Å². The summed E-state index contributed by atoms with van der Waals surface area (Å²) in [4.78, 5) is 13.1. The highest BCUT2D eigenvalue weighted by Gasteiger charge is 2.62. The van der Waals surface area contributed by atoms with Crippen molar-refractivity contribution in [2.45, 2.75) is 50.7 Å². The molecule has 2 unspecified atom stereocenters. The molecule has 4 aliphatic rings. The van der Waals surface area contributed by atoms with E-state index >= 15 is 0 Å². The minimum absolute atomic E-state index is 0.126. The molecule has 25 heavy (non-hydrogen) atoms. The largest absolute Gasteiger partial charge is 0.465 e. The van der Waals surface area contributed by atoms with Gasteiger partial charge in [-0.05, 0) is 55.9 Å². The van der Waals surface area contributed by atoms with Gasteiger partial charge < -0.3 is 9.47 Å². The number of allylic oxidation sites excluding steroid dienone is 1. The van der Waals surface area contributed by atoms with Gasteiger partial charge in [-0.1, -0.05) is 12.2 Å². The number of carbonyl (C=O) groups excluding carboxylic acids is 1. The smallest absolute Gasteiger partial charge is 0.316 e. The summed E-state index contributed by atoms with van der Waals surface area (Å²) in [6.45, 7) is 2.06. The molecule has 3 atom stereocenters. The highest BCUT2D eigenvalue weighted by atomic mass is 16.5. The Morgan fingerprint density at radius 1 is 1.44 bits per heavy atom. The number of carbonyl (C=O) groups is 1. The van der Waals surface area contributed by atoms with Gasteiger partial charge in [0.25, 0.3) is 0 Å². The molecule has 0 saturated heterocycles. The third kappa shape index (κ3) is 2.00. The van der Waals surface area contributed by atoms with Gasteiger partial charge in [0, 0.05) is 6.42 Å². The summed E-state index contributed by atoms with van der Waals surface area (Å²) >= 11 is 0. The maximum Gasteiger partial charge on any atom is 0.316 e. The monoisotopic (exact) mass is 336 g/mol. The molecule has 2 heterocycles. The van der Waals surface area contributed by atoms with Crippen LogP contribution >= 0.6 is 0 Å². The number of ether oxygens (including phenoxy) is 2. The molecule has 0 N–H and O–H groups in total. The van der Waals surface area contributed by atoms with Gasteiger partial charge >= 0.3 is 5.97 Å². The molecule has 2 bridgehead atoms. The Labute approximate surface area is 147 Å². The van der Waals surface area contributed by atoms with Gasteiger partial charge in [-0.3, -0.25) is 4.79 Å². The van der Waals surface area contributed by atoms with Gasteiger partial charge in [-0.25, -0.2) is 0 Å². The van der Waals surface area contributed by atoms with Crippen LogP contribution in [0.2, 0.25) is 0 Å². The van der Waals surface area contributed by atoms with Crippen molar-refractivity contribution >= 4 is 5.97 Å². The van der Waals surface area contributed by atoms with E-state index in [1.54, 1.807) is 6.92 Å². The van der Waals surface area contributed by atoms with Crippen LogP contribution in [0.5, 0.6) is 0 Å². The summed E-state index contributed by atoms with van der Waals surface area (Å²) in [7, 11) is 0. The second kappa shape index (κ2) is 5.31. The number of rotatable bonds is 2. The fraction of sp³-hybridized carbons (Fsp3) is 0.550. The first kappa shape index (κ1) is 16.1. The second-order valence-electron chi connectivity index (χ2n) is 7.32. The van der Waals surface area contributed by atoms with Gasteiger partial charge in [0.2, 0.25) is 0 Å². The first-order chi connectivity index (χ1) is 12.0. The summed E-state index contributed by atoms with van der Waals surface area (Å²) in [6.07, 6.45) is 10.7. The molecule has 5 nitrogen and oxygen atoms in total. The van der Waals surface area contributed by atoms with Crippen LogP contribution in [-0.2, 0) is 14.3 Å². The zero-order chi connectivity index (χ0) is 17.7. The van der Waals surface area contributed by atoms with E-state index in [1.807, 2.05) is 24.3 Å². The molecule has 2 aliphatic carbocycles. The maximum atomic E-state index is 13.1. The van der Waals surface area contributed by atoms with E-state index in [-0.39, 0.29) is 25.1 Å². The normalized spacial score (nSPS) is 36.8. The Balaban J connectivity index is 1.94. The zero-order valence-electron chi connectivity index (χ0n) is 14.2. The molecule has 128 valence electrons. The first-order valence-electron chi connectivity index (χ1n) is 8.83. The quantitative estimate of drug-likeness (QED) is 0.571. The lowest BCUT2D eigenvalue weighted by molar-refractivity contribution is -0.154. The Morgan fingerprint density at radius 3 is 2.92 bits per heavy atom. The van der Waals surface area contributed by atoms with Gasteiger partial charge in [0.1, 0.15) is 5.60 Å². The third-order valence-corrected chi connectivity index (χ3v) is 6.01. The van der Waals surface area contributed by atoms with E-state index in [0.717, 1.165) is 18.4 Å². The van der Waals surface area contributed by atoms with Crippen LogP contribution in [0.4, 0.5) is 0 Å². The summed E-state index contributed by atoms with van der Waals surface area (Å²) < 4.78 is 11.5. The minimum Gasteiger partial charge on any atom is -0.465 e. The number of fused-ring (bicyclic) bond motifs is 2. The molecule has 0 aromatic rings. The molecule has 0 radical (unpaired) electrons. The predicted octanol–water partition coefficient (Wildman–Crippen LogP) is 3.11. The fourth-order valence-electron chi connectivity index (χ4n) is 4.94. The molecule has 0 aromatic carbocycles.